The Morgan fingerprint density at radius 3 is 2.58 bits per heavy atom. The molecule has 6 rings (SSSR count). The van der Waals surface area contributed by atoms with Crippen molar-refractivity contribution in [3.8, 4) is 0 Å². The zero-order chi connectivity index (χ0) is 26.3. The van der Waals surface area contributed by atoms with Gasteiger partial charge >= 0.3 is 0 Å². The predicted molar refractivity (Wildman–Crippen MR) is 152 cm³/mol. The first-order valence-electron chi connectivity index (χ1n) is 14.1. The number of amides is 1. The number of rotatable bonds is 5. The minimum atomic E-state index is -0.316. The third kappa shape index (κ3) is 4.96. The molecule has 38 heavy (non-hydrogen) atoms. The van der Waals surface area contributed by atoms with Gasteiger partial charge in [0.15, 0.2) is 0 Å². The molecular weight excluding hydrogens is 476 g/mol. The summed E-state index contributed by atoms with van der Waals surface area (Å²) in [5.41, 5.74) is 2.41. The summed E-state index contributed by atoms with van der Waals surface area (Å²) in [7, 11) is 0. The molecule has 3 aliphatic heterocycles. The van der Waals surface area contributed by atoms with E-state index in [4.69, 9.17) is 4.98 Å². The van der Waals surface area contributed by atoms with E-state index in [1.54, 1.807) is 0 Å². The van der Waals surface area contributed by atoms with E-state index in [1.165, 1.54) is 25.8 Å². The molecule has 2 saturated heterocycles. The van der Waals surface area contributed by atoms with E-state index in [2.05, 4.69) is 62.1 Å². The first-order valence-corrected chi connectivity index (χ1v) is 14.1. The van der Waals surface area contributed by atoms with Gasteiger partial charge in [0.25, 0.3) is 0 Å². The number of anilines is 4. The van der Waals surface area contributed by atoms with Crippen LogP contribution in [0.5, 0.6) is 0 Å². The smallest absolute Gasteiger partial charge is 0.246 e. The average molecular weight is 517 g/mol. The summed E-state index contributed by atoms with van der Waals surface area (Å²) in [6.07, 6.45) is 13.5. The third-order valence-electron chi connectivity index (χ3n) is 8.57. The van der Waals surface area contributed by atoms with Gasteiger partial charge in [-0.05, 0) is 43.4 Å². The van der Waals surface area contributed by atoms with E-state index >= 15 is 0 Å². The predicted octanol–water partition coefficient (Wildman–Crippen LogP) is 3.82. The number of fused-ring (bicyclic) bond motifs is 4. The Kier molecular flexibility index (Phi) is 6.50. The molecule has 1 unspecified atom stereocenters. The number of pyridine rings is 1. The highest BCUT2D eigenvalue weighted by molar-refractivity contribution is 5.93. The Balaban J connectivity index is 1.13. The number of nitrogens with one attached hydrogen (secondary N) is 2. The SMILES string of the molecule is CC(C)(C)CCN1CCN(c2ccc(Nc3ncc4c(n3)N3C(C=C4)C(=O)NCC34CCCC4)nc2)CC1. The largest absolute Gasteiger partial charge is 0.368 e. The van der Waals surface area contributed by atoms with Crippen molar-refractivity contribution < 1.29 is 4.79 Å². The molecule has 1 aliphatic carbocycles. The number of piperazine rings is 2. The zero-order valence-electron chi connectivity index (χ0n) is 22.9. The summed E-state index contributed by atoms with van der Waals surface area (Å²) in [5.74, 6) is 2.11. The van der Waals surface area contributed by atoms with E-state index in [0.717, 1.165) is 56.1 Å². The molecular formula is C29H40N8O. The van der Waals surface area contributed by atoms with E-state index in [9.17, 15) is 4.79 Å². The maximum absolute atomic E-state index is 12.7. The molecule has 0 radical (unpaired) electrons. The molecule has 9 nitrogen and oxygen atoms in total. The standard InChI is InChI=1S/C29H40N8O/c1-28(2,3)12-13-35-14-16-36(17-15-35)22-7-9-24(30-19-22)33-27-31-18-21-6-8-23-26(38)32-20-29(10-4-5-11-29)37(23)25(21)34-27/h6-9,18-19,23H,4-5,10-17,20H2,1-3H3,(H,32,38)(H,30,31,33,34). The molecule has 1 amide bonds. The maximum atomic E-state index is 12.7. The fraction of sp³-hybridized carbons (Fsp3) is 0.586. The molecule has 5 heterocycles. The van der Waals surface area contributed by atoms with Crippen molar-refractivity contribution in [2.75, 3.05) is 54.4 Å². The number of nitrogens with zero attached hydrogens (tertiary/aromatic N) is 6. The van der Waals surface area contributed by atoms with Crippen LogP contribution < -0.4 is 20.4 Å². The van der Waals surface area contributed by atoms with Crippen LogP contribution >= 0.6 is 0 Å². The van der Waals surface area contributed by atoms with Crippen molar-refractivity contribution in [1.29, 1.82) is 0 Å². The van der Waals surface area contributed by atoms with Crippen LogP contribution in [0.4, 0.5) is 23.3 Å². The van der Waals surface area contributed by atoms with Gasteiger partial charge < -0.3 is 20.4 Å². The molecule has 0 bridgehead atoms. The summed E-state index contributed by atoms with van der Waals surface area (Å²) >= 11 is 0. The summed E-state index contributed by atoms with van der Waals surface area (Å²) in [6, 6.07) is 3.81. The van der Waals surface area contributed by atoms with Crippen molar-refractivity contribution in [2.45, 2.75) is 64.5 Å². The second kappa shape index (κ2) is 9.84. The van der Waals surface area contributed by atoms with Crippen LogP contribution in [0.25, 0.3) is 6.08 Å². The number of carbonyl (C=O) groups is 1. The van der Waals surface area contributed by atoms with Gasteiger partial charge in [-0.2, -0.15) is 4.98 Å². The van der Waals surface area contributed by atoms with Gasteiger partial charge in [0, 0.05) is 44.5 Å². The van der Waals surface area contributed by atoms with Crippen LogP contribution in [0.2, 0.25) is 0 Å². The summed E-state index contributed by atoms with van der Waals surface area (Å²) < 4.78 is 0. The van der Waals surface area contributed by atoms with Gasteiger partial charge in [-0.1, -0.05) is 45.8 Å². The normalized spacial score (nSPS) is 22.8. The van der Waals surface area contributed by atoms with E-state index in [1.807, 2.05) is 30.6 Å². The molecule has 9 heteroatoms. The topological polar surface area (TPSA) is 89.5 Å². The van der Waals surface area contributed by atoms with Gasteiger partial charge in [-0.25, -0.2) is 9.97 Å². The van der Waals surface area contributed by atoms with Gasteiger partial charge in [0.1, 0.15) is 17.7 Å². The molecule has 2 aromatic heterocycles. The lowest BCUT2D eigenvalue weighted by molar-refractivity contribution is -0.123. The zero-order valence-corrected chi connectivity index (χ0v) is 22.9. The molecule has 0 aromatic carbocycles. The van der Waals surface area contributed by atoms with Gasteiger partial charge in [-0.15, -0.1) is 0 Å². The molecule has 202 valence electrons. The van der Waals surface area contributed by atoms with Crippen molar-refractivity contribution in [3.05, 3.63) is 36.2 Å². The fourth-order valence-electron chi connectivity index (χ4n) is 6.27. The van der Waals surface area contributed by atoms with E-state index in [-0.39, 0.29) is 17.5 Å². The van der Waals surface area contributed by atoms with Gasteiger partial charge in [0.05, 0.1) is 17.4 Å². The molecule has 2 N–H and O–H groups in total. The minimum absolute atomic E-state index is 0.0461. The third-order valence-corrected chi connectivity index (χ3v) is 8.57. The van der Waals surface area contributed by atoms with Crippen molar-refractivity contribution in [1.82, 2.24) is 25.2 Å². The fourth-order valence-corrected chi connectivity index (χ4v) is 6.27. The van der Waals surface area contributed by atoms with Crippen LogP contribution in [0.3, 0.4) is 0 Å². The number of hydrogen-bond acceptors (Lipinski definition) is 8. The van der Waals surface area contributed by atoms with Crippen LogP contribution in [0, 0.1) is 5.41 Å². The minimum Gasteiger partial charge on any atom is -0.368 e. The summed E-state index contributed by atoms with van der Waals surface area (Å²) in [6.45, 7) is 13.0. The highest BCUT2D eigenvalue weighted by atomic mass is 16.2. The molecule has 4 aliphatic rings. The van der Waals surface area contributed by atoms with Crippen LogP contribution in [0.1, 0.15) is 58.4 Å². The Labute approximate surface area is 225 Å². The van der Waals surface area contributed by atoms with E-state index in [0.29, 0.717) is 23.7 Å². The molecule has 2 aromatic rings. The number of hydrogen-bond donors (Lipinski definition) is 2. The lowest BCUT2D eigenvalue weighted by Gasteiger charge is -2.50. The highest BCUT2D eigenvalue weighted by Crippen LogP contribution is 2.43. The van der Waals surface area contributed by atoms with Crippen LogP contribution in [-0.4, -0.2) is 76.6 Å². The first kappa shape index (κ1) is 25.1. The molecule has 1 spiro atoms. The quantitative estimate of drug-likeness (QED) is 0.620. The molecule has 1 atom stereocenters. The number of carbonyl (C=O) groups excluding carboxylic acids is 1. The lowest BCUT2D eigenvalue weighted by Crippen LogP contribution is -2.67. The van der Waals surface area contributed by atoms with Crippen LogP contribution in [-0.2, 0) is 4.79 Å². The monoisotopic (exact) mass is 516 g/mol. The van der Waals surface area contributed by atoms with Crippen molar-refractivity contribution >= 4 is 35.3 Å². The lowest BCUT2D eigenvalue weighted by atomic mass is 9.87. The van der Waals surface area contributed by atoms with Gasteiger partial charge in [-0.3, -0.25) is 9.69 Å². The second-order valence-corrected chi connectivity index (χ2v) is 12.5. The molecule has 3 fully saturated rings. The van der Waals surface area contributed by atoms with Gasteiger partial charge in [0.2, 0.25) is 11.9 Å². The van der Waals surface area contributed by atoms with Crippen molar-refractivity contribution in [2.24, 2.45) is 5.41 Å². The van der Waals surface area contributed by atoms with E-state index < -0.39 is 0 Å². The average Bonchev–Trinajstić information content (AvgIpc) is 3.39. The summed E-state index contributed by atoms with van der Waals surface area (Å²) in [4.78, 5) is 34.1. The Morgan fingerprint density at radius 2 is 1.87 bits per heavy atom. The van der Waals surface area contributed by atoms with Crippen LogP contribution in [0.15, 0.2) is 30.6 Å². The maximum Gasteiger partial charge on any atom is 0.246 e. The Morgan fingerprint density at radius 1 is 1.08 bits per heavy atom. The Hall–Kier alpha value is -3.20. The Bertz CT molecular complexity index is 1190. The first-order chi connectivity index (χ1) is 18.3. The highest BCUT2D eigenvalue weighted by Gasteiger charge is 2.50. The molecule has 1 saturated carbocycles. The number of aromatic nitrogens is 3. The van der Waals surface area contributed by atoms with Crippen molar-refractivity contribution in [3.63, 3.8) is 0 Å². The second-order valence-electron chi connectivity index (χ2n) is 12.5. The summed E-state index contributed by atoms with van der Waals surface area (Å²) in [5, 5.41) is 6.43.